The molecule has 0 aliphatic carbocycles. The highest BCUT2D eigenvalue weighted by Gasteiger charge is 2.24. The molecule has 0 aliphatic heterocycles. The Morgan fingerprint density at radius 3 is 2.37 bits per heavy atom. The molecule has 35 heavy (non-hydrogen) atoms. The number of hydrogen-bond acceptors (Lipinski definition) is 5. The quantitative estimate of drug-likeness (QED) is 0.272. The summed E-state index contributed by atoms with van der Waals surface area (Å²) in [5.41, 5.74) is 1.08. The average Bonchev–Trinajstić information content (AvgIpc) is 3.15. The SMILES string of the molecule is CCOC(=O)Cc1ccc(-n2cc3c(OCC(F)F)c4ccccc4c(OCC)c3c2O)c(Cl)c1. The van der Waals surface area contributed by atoms with Crippen LogP contribution >= 0.6 is 11.6 Å². The zero-order valence-corrected chi connectivity index (χ0v) is 19.9. The van der Waals surface area contributed by atoms with Crippen LogP contribution in [0, 0.1) is 0 Å². The molecule has 1 N–H and O–H groups in total. The summed E-state index contributed by atoms with van der Waals surface area (Å²) in [6.07, 6.45) is -1.04. The molecule has 1 aromatic heterocycles. The Kier molecular flexibility index (Phi) is 7.31. The zero-order chi connectivity index (χ0) is 25.1. The number of hydrogen-bond donors (Lipinski definition) is 1. The normalized spacial score (nSPS) is 11.4. The molecule has 0 unspecified atom stereocenters. The van der Waals surface area contributed by atoms with Crippen LogP contribution in [-0.2, 0) is 16.0 Å². The number of carbonyl (C=O) groups excluding carboxylic acids is 1. The number of fused-ring (bicyclic) bond motifs is 2. The third-order valence-corrected chi connectivity index (χ3v) is 5.74. The van der Waals surface area contributed by atoms with Gasteiger partial charge < -0.3 is 19.3 Å². The Balaban J connectivity index is 1.92. The Bertz CT molecular complexity index is 1390. The summed E-state index contributed by atoms with van der Waals surface area (Å²) >= 11 is 6.53. The van der Waals surface area contributed by atoms with E-state index in [4.69, 9.17) is 25.8 Å². The second-order valence-electron chi connectivity index (χ2n) is 7.72. The first kappa shape index (κ1) is 24.6. The molecule has 0 saturated carbocycles. The lowest BCUT2D eigenvalue weighted by Crippen LogP contribution is -2.07. The van der Waals surface area contributed by atoms with Crippen LogP contribution in [0.5, 0.6) is 17.4 Å². The molecule has 4 rings (SSSR count). The number of halogens is 3. The molecular formula is C26H24ClF2NO5. The largest absolute Gasteiger partial charge is 0.494 e. The Labute approximate surface area is 205 Å². The van der Waals surface area contributed by atoms with Gasteiger partial charge in [0.25, 0.3) is 6.43 Å². The number of aromatic hydroxyl groups is 1. The summed E-state index contributed by atoms with van der Waals surface area (Å²) in [5, 5.41) is 13.5. The van der Waals surface area contributed by atoms with Gasteiger partial charge >= 0.3 is 5.97 Å². The molecule has 3 aromatic carbocycles. The number of aromatic nitrogens is 1. The van der Waals surface area contributed by atoms with E-state index in [0.717, 1.165) is 0 Å². The van der Waals surface area contributed by atoms with Crippen LogP contribution in [0.1, 0.15) is 19.4 Å². The van der Waals surface area contributed by atoms with Gasteiger partial charge in [0, 0.05) is 17.0 Å². The van der Waals surface area contributed by atoms with E-state index in [-0.39, 0.29) is 35.6 Å². The Morgan fingerprint density at radius 1 is 1.03 bits per heavy atom. The van der Waals surface area contributed by atoms with E-state index >= 15 is 0 Å². The summed E-state index contributed by atoms with van der Waals surface area (Å²) in [4.78, 5) is 11.8. The minimum atomic E-state index is -2.67. The summed E-state index contributed by atoms with van der Waals surface area (Å²) in [5.74, 6) is 0.0631. The standard InChI is InChI=1S/C26H24ClF2NO5/c1-3-33-22(31)12-15-9-10-20(19(27)11-15)30-13-18-23(26(30)32)25(34-4-2)17-8-6-5-7-16(17)24(18)35-14-21(28)29/h5-11,13,21,32H,3-4,12,14H2,1-2H3. The summed E-state index contributed by atoms with van der Waals surface area (Å²) < 4.78 is 43.9. The first-order valence-electron chi connectivity index (χ1n) is 11.1. The van der Waals surface area contributed by atoms with Gasteiger partial charge in [-0.1, -0.05) is 41.9 Å². The molecule has 0 atom stereocenters. The van der Waals surface area contributed by atoms with Crippen LogP contribution in [0.2, 0.25) is 5.02 Å². The number of ether oxygens (including phenoxy) is 3. The number of nitrogens with zero attached hydrogens (tertiary/aromatic N) is 1. The molecule has 6 nitrogen and oxygen atoms in total. The van der Waals surface area contributed by atoms with Crippen molar-refractivity contribution < 1.29 is 32.9 Å². The predicted octanol–water partition coefficient (Wildman–Crippen LogP) is 6.29. The van der Waals surface area contributed by atoms with Crippen LogP contribution in [0.4, 0.5) is 8.78 Å². The predicted molar refractivity (Wildman–Crippen MR) is 130 cm³/mol. The molecule has 0 saturated heterocycles. The molecule has 0 amide bonds. The van der Waals surface area contributed by atoms with Crippen molar-refractivity contribution in [1.29, 1.82) is 0 Å². The Hall–Kier alpha value is -3.52. The molecule has 1 heterocycles. The number of rotatable bonds is 9. The van der Waals surface area contributed by atoms with Crippen LogP contribution in [-0.4, -0.2) is 41.9 Å². The van der Waals surface area contributed by atoms with Crippen LogP contribution < -0.4 is 9.47 Å². The fourth-order valence-electron chi connectivity index (χ4n) is 4.06. The van der Waals surface area contributed by atoms with Crippen molar-refractivity contribution in [3.05, 3.63) is 59.2 Å². The average molecular weight is 504 g/mol. The van der Waals surface area contributed by atoms with Crippen molar-refractivity contribution in [2.75, 3.05) is 19.8 Å². The topological polar surface area (TPSA) is 69.9 Å². The highest BCUT2D eigenvalue weighted by atomic mass is 35.5. The number of esters is 1. The minimum Gasteiger partial charge on any atom is -0.494 e. The fourth-order valence-corrected chi connectivity index (χ4v) is 4.36. The van der Waals surface area contributed by atoms with Crippen molar-refractivity contribution in [2.24, 2.45) is 0 Å². The molecule has 0 fully saturated rings. The van der Waals surface area contributed by atoms with Gasteiger partial charge in [-0.2, -0.15) is 0 Å². The monoisotopic (exact) mass is 503 g/mol. The van der Waals surface area contributed by atoms with Crippen molar-refractivity contribution in [2.45, 2.75) is 26.7 Å². The first-order valence-corrected chi connectivity index (χ1v) is 11.5. The van der Waals surface area contributed by atoms with Crippen LogP contribution in [0.15, 0.2) is 48.7 Å². The van der Waals surface area contributed by atoms with Gasteiger partial charge in [0.05, 0.1) is 41.1 Å². The fraction of sp³-hybridized carbons (Fsp3) is 0.269. The number of carbonyl (C=O) groups is 1. The van der Waals surface area contributed by atoms with Crippen molar-refractivity contribution in [1.82, 2.24) is 4.57 Å². The first-order chi connectivity index (χ1) is 16.8. The molecule has 0 radical (unpaired) electrons. The van der Waals surface area contributed by atoms with Gasteiger partial charge in [-0.25, -0.2) is 8.78 Å². The summed E-state index contributed by atoms with van der Waals surface area (Å²) in [7, 11) is 0. The maximum Gasteiger partial charge on any atom is 0.310 e. The van der Waals surface area contributed by atoms with E-state index in [9.17, 15) is 18.7 Å². The zero-order valence-electron chi connectivity index (χ0n) is 19.2. The number of benzene rings is 3. The summed E-state index contributed by atoms with van der Waals surface area (Å²) in [6.45, 7) is 3.34. The number of alkyl halides is 2. The third kappa shape index (κ3) is 4.84. The van der Waals surface area contributed by atoms with E-state index in [1.165, 1.54) is 4.57 Å². The second-order valence-corrected chi connectivity index (χ2v) is 8.13. The van der Waals surface area contributed by atoms with E-state index in [0.29, 0.717) is 45.2 Å². The van der Waals surface area contributed by atoms with Crippen molar-refractivity contribution in [3.63, 3.8) is 0 Å². The van der Waals surface area contributed by atoms with Crippen molar-refractivity contribution in [3.8, 4) is 23.1 Å². The lowest BCUT2D eigenvalue weighted by molar-refractivity contribution is -0.142. The van der Waals surface area contributed by atoms with Gasteiger partial charge in [-0.3, -0.25) is 9.36 Å². The van der Waals surface area contributed by atoms with Gasteiger partial charge in [-0.05, 0) is 31.5 Å². The highest BCUT2D eigenvalue weighted by Crippen LogP contribution is 2.48. The lowest BCUT2D eigenvalue weighted by atomic mass is 10.0. The van der Waals surface area contributed by atoms with Gasteiger partial charge in [0.15, 0.2) is 0 Å². The molecule has 0 bridgehead atoms. The molecule has 184 valence electrons. The molecular weight excluding hydrogens is 480 g/mol. The van der Waals surface area contributed by atoms with Gasteiger partial charge in [-0.15, -0.1) is 0 Å². The van der Waals surface area contributed by atoms with Gasteiger partial charge in [0.1, 0.15) is 18.1 Å². The van der Waals surface area contributed by atoms with E-state index < -0.39 is 13.0 Å². The maximum absolute atomic E-state index is 13.0. The lowest BCUT2D eigenvalue weighted by Gasteiger charge is -2.15. The Morgan fingerprint density at radius 2 is 1.74 bits per heavy atom. The maximum atomic E-state index is 13.0. The third-order valence-electron chi connectivity index (χ3n) is 5.44. The van der Waals surface area contributed by atoms with E-state index in [1.807, 2.05) is 6.92 Å². The van der Waals surface area contributed by atoms with Crippen LogP contribution in [0.25, 0.3) is 27.2 Å². The van der Waals surface area contributed by atoms with Crippen molar-refractivity contribution >= 4 is 39.1 Å². The van der Waals surface area contributed by atoms with E-state index in [2.05, 4.69) is 0 Å². The van der Waals surface area contributed by atoms with Gasteiger partial charge in [0.2, 0.25) is 5.88 Å². The molecule has 4 aromatic rings. The minimum absolute atomic E-state index is 0.0545. The van der Waals surface area contributed by atoms with Crippen LogP contribution in [0.3, 0.4) is 0 Å². The molecule has 0 aliphatic rings. The molecule has 9 heteroatoms. The highest BCUT2D eigenvalue weighted by molar-refractivity contribution is 6.32. The smallest absolute Gasteiger partial charge is 0.310 e. The van der Waals surface area contributed by atoms with E-state index in [1.54, 1.807) is 55.6 Å². The molecule has 0 spiro atoms. The second kappa shape index (κ2) is 10.4. The summed E-state index contributed by atoms with van der Waals surface area (Å²) in [6, 6.07) is 12.1.